The van der Waals surface area contributed by atoms with Crippen LogP contribution >= 0.6 is 11.6 Å². The van der Waals surface area contributed by atoms with E-state index in [1.54, 1.807) is 24.3 Å². The van der Waals surface area contributed by atoms with E-state index >= 15 is 0 Å². The van der Waals surface area contributed by atoms with Gasteiger partial charge >= 0.3 is 5.97 Å². The molecule has 0 bridgehead atoms. The Balaban J connectivity index is 2.29. The van der Waals surface area contributed by atoms with Crippen molar-refractivity contribution in [1.29, 1.82) is 0 Å². The average molecular weight is 386 g/mol. The van der Waals surface area contributed by atoms with Crippen LogP contribution in [0.5, 0.6) is 0 Å². The molecule has 0 aliphatic rings. The smallest absolute Gasteiger partial charge is 0.307 e. The molecule has 26 heavy (non-hydrogen) atoms. The molecule has 0 aliphatic heterocycles. The lowest BCUT2D eigenvalue weighted by atomic mass is 10.1. The van der Waals surface area contributed by atoms with E-state index in [1.807, 2.05) is 0 Å². The molecule has 2 aromatic carbocycles. The van der Waals surface area contributed by atoms with Gasteiger partial charge in [0.05, 0.1) is 19.1 Å². The first kappa shape index (κ1) is 19.8. The van der Waals surface area contributed by atoms with E-state index in [4.69, 9.17) is 11.6 Å². The highest BCUT2D eigenvalue weighted by Crippen LogP contribution is 2.19. The molecule has 0 aromatic heterocycles. The Morgan fingerprint density at radius 2 is 1.69 bits per heavy atom. The van der Waals surface area contributed by atoms with Gasteiger partial charge < -0.3 is 9.64 Å². The van der Waals surface area contributed by atoms with E-state index in [1.165, 1.54) is 7.11 Å². The number of carbonyl (C=O) groups excluding carboxylic acids is 2. The zero-order valence-corrected chi connectivity index (χ0v) is 14.5. The van der Waals surface area contributed by atoms with Gasteiger partial charge in [0, 0.05) is 18.1 Å². The second-order valence-electron chi connectivity index (χ2n) is 5.40. The molecule has 8 heteroatoms. The monoisotopic (exact) mass is 385 g/mol. The molecule has 0 spiro atoms. The molecule has 0 heterocycles. The summed E-state index contributed by atoms with van der Waals surface area (Å²) in [7, 11) is 1.20. The van der Waals surface area contributed by atoms with E-state index in [2.05, 4.69) is 4.74 Å². The molecule has 0 saturated heterocycles. The van der Waals surface area contributed by atoms with Gasteiger partial charge in [-0.3, -0.25) is 9.59 Å². The van der Waals surface area contributed by atoms with Gasteiger partial charge in [-0.15, -0.1) is 0 Å². The van der Waals surface area contributed by atoms with Crippen molar-refractivity contribution in [2.75, 3.05) is 13.7 Å². The Bertz CT molecular complexity index is 812. The first-order valence-electron chi connectivity index (χ1n) is 7.57. The van der Waals surface area contributed by atoms with Gasteiger partial charge in [-0.05, 0) is 29.8 Å². The Hall–Kier alpha value is -2.54. The maximum absolute atomic E-state index is 14.0. The number of nitrogens with zero attached hydrogens (tertiary/aromatic N) is 1. The standard InChI is InChI=1S/C18H15ClF3NO3/c1-26-15(24)8-9-23(10-11-2-4-12(19)5-3-11)18(25)13-6-7-14(20)17(22)16(13)21/h2-7H,8-10H2,1H3. The lowest BCUT2D eigenvalue weighted by Crippen LogP contribution is -2.33. The quantitative estimate of drug-likeness (QED) is 0.558. The third kappa shape index (κ3) is 4.76. The van der Waals surface area contributed by atoms with Crippen molar-refractivity contribution < 1.29 is 27.5 Å². The van der Waals surface area contributed by atoms with Gasteiger partial charge in [-0.2, -0.15) is 0 Å². The van der Waals surface area contributed by atoms with E-state index in [9.17, 15) is 22.8 Å². The first-order chi connectivity index (χ1) is 12.3. The Morgan fingerprint density at radius 1 is 1.04 bits per heavy atom. The minimum Gasteiger partial charge on any atom is -0.469 e. The number of benzene rings is 2. The Morgan fingerprint density at radius 3 is 2.31 bits per heavy atom. The molecule has 0 saturated carbocycles. The number of halogens is 4. The number of amides is 1. The largest absolute Gasteiger partial charge is 0.469 e. The number of rotatable bonds is 6. The molecule has 0 fully saturated rings. The molecular weight excluding hydrogens is 371 g/mol. The maximum atomic E-state index is 14.0. The van der Waals surface area contributed by atoms with E-state index in [-0.39, 0.29) is 19.5 Å². The fourth-order valence-corrected chi connectivity index (χ4v) is 2.38. The Labute approximate surface area is 153 Å². The summed E-state index contributed by atoms with van der Waals surface area (Å²) >= 11 is 5.81. The SMILES string of the molecule is COC(=O)CCN(Cc1ccc(Cl)cc1)C(=O)c1ccc(F)c(F)c1F. The number of esters is 1. The summed E-state index contributed by atoms with van der Waals surface area (Å²) in [6, 6.07) is 8.07. The molecule has 0 aliphatic carbocycles. The fourth-order valence-electron chi connectivity index (χ4n) is 2.25. The van der Waals surface area contributed by atoms with Crippen LogP contribution < -0.4 is 0 Å². The van der Waals surface area contributed by atoms with Crippen LogP contribution in [0.2, 0.25) is 5.02 Å². The van der Waals surface area contributed by atoms with Gasteiger partial charge in [0.25, 0.3) is 5.91 Å². The van der Waals surface area contributed by atoms with Crippen molar-refractivity contribution in [1.82, 2.24) is 4.90 Å². The third-order valence-corrected chi connectivity index (χ3v) is 3.90. The van der Waals surface area contributed by atoms with Crippen molar-refractivity contribution in [3.8, 4) is 0 Å². The number of carbonyl (C=O) groups is 2. The molecule has 0 N–H and O–H groups in total. The topological polar surface area (TPSA) is 46.6 Å². The molecule has 0 radical (unpaired) electrons. The molecule has 1 amide bonds. The van der Waals surface area contributed by atoms with Crippen molar-refractivity contribution in [2.24, 2.45) is 0 Å². The Kier molecular flexibility index (Phi) is 6.63. The fraction of sp³-hybridized carbons (Fsp3) is 0.222. The first-order valence-corrected chi connectivity index (χ1v) is 7.95. The number of methoxy groups -OCH3 is 1. The molecule has 2 aromatic rings. The number of hydrogen-bond acceptors (Lipinski definition) is 3. The minimum atomic E-state index is -1.73. The van der Waals surface area contributed by atoms with Crippen LogP contribution in [-0.2, 0) is 16.1 Å². The van der Waals surface area contributed by atoms with Crippen LogP contribution in [0.1, 0.15) is 22.3 Å². The van der Waals surface area contributed by atoms with Crippen LogP contribution in [0, 0.1) is 17.5 Å². The lowest BCUT2D eigenvalue weighted by molar-refractivity contribution is -0.140. The zero-order valence-electron chi connectivity index (χ0n) is 13.8. The predicted molar refractivity (Wildman–Crippen MR) is 89.1 cm³/mol. The van der Waals surface area contributed by atoms with Crippen LogP contribution in [0.4, 0.5) is 13.2 Å². The van der Waals surface area contributed by atoms with Gasteiger partial charge in [0.15, 0.2) is 17.5 Å². The minimum absolute atomic E-state index is 0.0193. The summed E-state index contributed by atoms with van der Waals surface area (Å²) in [4.78, 5) is 25.1. The van der Waals surface area contributed by atoms with Crippen LogP contribution in [0.15, 0.2) is 36.4 Å². The van der Waals surface area contributed by atoms with Gasteiger partial charge in [-0.1, -0.05) is 23.7 Å². The van der Waals surface area contributed by atoms with Crippen molar-refractivity contribution in [3.05, 3.63) is 70.0 Å². The molecular formula is C18H15ClF3NO3. The van der Waals surface area contributed by atoms with Crippen LogP contribution in [0.25, 0.3) is 0 Å². The highest BCUT2D eigenvalue weighted by molar-refractivity contribution is 6.30. The van der Waals surface area contributed by atoms with Crippen LogP contribution in [-0.4, -0.2) is 30.4 Å². The second kappa shape index (κ2) is 8.71. The number of hydrogen-bond donors (Lipinski definition) is 0. The summed E-state index contributed by atoms with van der Waals surface area (Å²) in [6.45, 7) is -0.0714. The summed E-state index contributed by atoms with van der Waals surface area (Å²) in [5.41, 5.74) is 0.0401. The normalized spacial score (nSPS) is 10.5. The average Bonchev–Trinajstić information content (AvgIpc) is 2.64. The molecule has 4 nitrogen and oxygen atoms in total. The summed E-state index contributed by atoms with van der Waals surface area (Å²) in [5, 5.41) is 0.493. The van der Waals surface area contributed by atoms with Crippen LogP contribution in [0.3, 0.4) is 0 Å². The van der Waals surface area contributed by atoms with Gasteiger partial charge in [0.1, 0.15) is 0 Å². The van der Waals surface area contributed by atoms with Gasteiger partial charge in [-0.25, -0.2) is 13.2 Å². The lowest BCUT2D eigenvalue weighted by Gasteiger charge is -2.23. The maximum Gasteiger partial charge on any atom is 0.307 e. The van der Waals surface area contributed by atoms with Crippen molar-refractivity contribution >= 4 is 23.5 Å². The molecule has 0 atom stereocenters. The van der Waals surface area contributed by atoms with E-state index < -0.39 is 34.9 Å². The molecule has 138 valence electrons. The highest BCUT2D eigenvalue weighted by Gasteiger charge is 2.24. The summed E-state index contributed by atoms with van der Waals surface area (Å²) in [6.07, 6.45) is -0.138. The zero-order chi connectivity index (χ0) is 19.3. The summed E-state index contributed by atoms with van der Waals surface area (Å²) < 4.78 is 45.0. The second-order valence-corrected chi connectivity index (χ2v) is 5.84. The van der Waals surface area contributed by atoms with Crippen molar-refractivity contribution in [2.45, 2.75) is 13.0 Å². The van der Waals surface area contributed by atoms with Crippen molar-refractivity contribution in [3.63, 3.8) is 0 Å². The van der Waals surface area contributed by atoms with E-state index in [0.717, 1.165) is 11.0 Å². The molecule has 2 rings (SSSR count). The van der Waals surface area contributed by atoms with E-state index in [0.29, 0.717) is 16.7 Å². The predicted octanol–water partition coefficient (Wildman–Crippen LogP) is 3.96. The third-order valence-electron chi connectivity index (χ3n) is 3.65. The molecule has 0 unspecified atom stereocenters. The summed E-state index contributed by atoms with van der Waals surface area (Å²) in [5.74, 6) is -6.13. The van der Waals surface area contributed by atoms with Gasteiger partial charge in [0.2, 0.25) is 0 Å². The number of ether oxygens (including phenoxy) is 1. The highest BCUT2D eigenvalue weighted by atomic mass is 35.5.